The molecule has 1 nitrogen and oxygen atoms in total. The monoisotopic (exact) mass is 247 g/mol. The SMILES string of the molecule is CCNC(CCCc1ccccc1)CC(C)(C)C. The Morgan fingerprint density at radius 1 is 1.11 bits per heavy atom. The van der Waals surface area contributed by atoms with Crippen molar-refractivity contribution in [3.63, 3.8) is 0 Å². The van der Waals surface area contributed by atoms with Crippen molar-refractivity contribution < 1.29 is 0 Å². The molecular formula is C17H29N. The van der Waals surface area contributed by atoms with Crippen LogP contribution in [0.2, 0.25) is 0 Å². The van der Waals surface area contributed by atoms with E-state index < -0.39 is 0 Å². The Labute approximate surface area is 113 Å². The molecular weight excluding hydrogens is 218 g/mol. The summed E-state index contributed by atoms with van der Waals surface area (Å²) in [6.45, 7) is 10.3. The number of hydrogen-bond acceptors (Lipinski definition) is 1. The van der Waals surface area contributed by atoms with E-state index in [4.69, 9.17) is 0 Å². The van der Waals surface area contributed by atoms with Crippen molar-refractivity contribution in [1.82, 2.24) is 5.32 Å². The second-order valence-electron chi connectivity index (χ2n) is 6.40. The van der Waals surface area contributed by atoms with Gasteiger partial charge in [0.1, 0.15) is 0 Å². The second kappa shape index (κ2) is 7.58. The molecule has 1 aromatic carbocycles. The fourth-order valence-electron chi connectivity index (χ4n) is 2.50. The molecule has 0 bridgehead atoms. The molecule has 1 unspecified atom stereocenters. The second-order valence-corrected chi connectivity index (χ2v) is 6.40. The van der Waals surface area contributed by atoms with Crippen molar-refractivity contribution in [1.29, 1.82) is 0 Å². The predicted molar refractivity (Wildman–Crippen MR) is 80.9 cm³/mol. The first-order chi connectivity index (χ1) is 8.51. The average Bonchev–Trinajstić information content (AvgIpc) is 2.28. The van der Waals surface area contributed by atoms with E-state index in [1.807, 2.05) is 0 Å². The molecule has 0 fully saturated rings. The Morgan fingerprint density at radius 3 is 2.33 bits per heavy atom. The van der Waals surface area contributed by atoms with E-state index in [0.29, 0.717) is 11.5 Å². The summed E-state index contributed by atoms with van der Waals surface area (Å²) < 4.78 is 0. The van der Waals surface area contributed by atoms with Gasteiger partial charge in [-0.15, -0.1) is 0 Å². The lowest BCUT2D eigenvalue weighted by atomic mass is 9.86. The maximum absolute atomic E-state index is 3.63. The largest absolute Gasteiger partial charge is 0.314 e. The van der Waals surface area contributed by atoms with Gasteiger partial charge in [-0.2, -0.15) is 0 Å². The Hall–Kier alpha value is -0.820. The lowest BCUT2D eigenvalue weighted by Crippen LogP contribution is -2.32. The first kappa shape index (κ1) is 15.2. The smallest absolute Gasteiger partial charge is 0.00720 e. The molecule has 0 spiro atoms. The van der Waals surface area contributed by atoms with Crippen LogP contribution in [-0.2, 0) is 6.42 Å². The number of hydrogen-bond donors (Lipinski definition) is 1. The number of nitrogens with one attached hydrogen (secondary N) is 1. The number of aryl methyl sites for hydroxylation is 1. The zero-order chi connectivity index (χ0) is 13.4. The van der Waals surface area contributed by atoms with E-state index >= 15 is 0 Å². The van der Waals surface area contributed by atoms with E-state index in [1.165, 1.54) is 31.2 Å². The topological polar surface area (TPSA) is 12.0 Å². The summed E-state index contributed by atoms with van der Waals surface area (Å²) in [6, 6.07) is 11.5. The maximum Gasteiger partial charge on any atom is 0.00720 e. The average molecular weight is 247 g/mol. The van der Waals surface area contributed by atoms with Gasteiger partial charge in [-0.05, 0) is 43.2 Å². The van der Waals surface area contributed by atoms with Gasteiger partial charge in [0.05, 0.1) is 0 Å². The van der Waals surface area contributed by atoms with Crippen molar-refractivity contribution in [2.75, 3.05) is 6.54 Å². The van der Waals surface area contributed by atoms with Crippen LogP contribution in [0.25, 0.3) is 0 Å². The summed E-state index contributed by atoms with van der Waals surface area (Å²) >= 11 is 0. The molecule has 0 saturated heterocycles. The van der Waals surface area contributed by atoms with Crippen LogP contribution in [0.3, 0.4) is 0 Å². The summed E-state index contributed by atoms with van der Waals surface area (Å²) in [5.41, 5.74) is 1.88. The molecule has 0 heterocycles. The summed E-state index contributed by atoms with van der Waals surface area (Å²) in [5.74, 6) is 0. The molecule has 1 heteroatoms. The van der Waals surface area contributed by atoms with Gasteiger partial charge < -0.3 is 5.32 Å². The van der Waals surface area contributed by atoms with Gasteiger partial charge in [0.2, 0.25) is 0 Å². The Balaban J connectivity index is 2.33. The van der Waals surface area contributed by atoms with Crippen LogP contribution in [-0.4, -0.2) is 12.6 Å². The highest BCUT2D eigenvalue weighted by molar-refractivity contribution is 5.14. The molecule has 0 aliphatic heterocycles. The Kier molecular flexibility index (Phi) is 6.42. The summed E-state index contributed by atoms with van der Waals surface area (Å²) in [6.07, 6.45) is 5.01. The van der Waals surface area contributed by atoms with Gasteiger partial charge in [-0.3, -0.25) is 0 Å². The zero-order valence-corrected chi connectivity index (χ0v) is 12.5. The van der Waals surface area contributed by atoms with E-state index in [2.05, 4.69) is 63.3 Å². The maximum atomic E-state index is 3.63. The van der Waals surface area contributed by atoms with Crippen LogP contribution in [0.1, 0.15) is 52.5 Å². The third-order valence-electron chi connectivity index (χ3n) is 3.21. The van der Waals surface area contributed by atoms with Crippen molar-refractivity contribution >= 4 is 0 Å². The zero-order valence-electron chi connectivity index (χ0n) is 12.5. The molecule has 102 valence electrons. The lowest BCUT2D eigenvalue weighted by Gasteiger charge is -2.26. The van der Waals surface area contributed by atoms with Crippen LogP contribution in [0, 0.1) is 5.41 Å². The fourth-order valence-corrected chi connectivity index (χ4v) is 2.50. The first-order valence-electron chi connectivity index (χ1n) is 7.28. The molecule has 0 aliphatic rings. The van der Waals surface area contributed by atoms with Gasteiger partial charge in [-0.1, -0.05) is 58.0 Å². The van der Waals surface area contributed by atoms with Crippen molar-refractivity contribution in [3.05, 3.63) is 35.9 Å². The summed E-state index contributed by atoms with van der Waals surface area (Å²) in [5, 5.41) is 3.63. The van der Waals surface area contributed by atoms with Gasteiger partial charge in [0, 0.05) is 6.04 Å². The van der Waals surface area contributed by atoms with E-state index in [1.54, 1.807) is 0 Å². The van der Waals surface area contributed by atoms with Crippen molar-refractivity contribution in [3.8, 4) is 0 Å². The Bertz CT molecular complexity index is 310. The van der Waals surface area contributed by atoms with Gasteiger partial charge >= 0.3 is 0 Å². The highest BCUT2D eigenvalue weighted by Gasteiger charge is 2.17. The fraction of sp³-hybridized carbons (Fsp3) is 0.647. The van der Waals surface area contributed by atoms with Crippen molar-refractivity contribution in [2.45, 2.75) is 59.4 Å². The Morgan fingerprint density at radius 2 is 1.78 bits per heavy atom. The van der Waals surface area contributed by atoms with Crippen LogP contribution >= 0.6 is 0 Å². The standard InChI is InChI=1S/C17H29N/c1-5-18-16(14-17(2,3)4)13-9-12-15-10-7-6-8-11-15/h6-8,10-11,16,18H,5,9,12-14H2,1-4H3. The predicted octanol–water partition coefficient (Wildman–Crippen LogP) is 4.42. The van der Waals surface area contributed by atoms with Gasteiger partial charge in [0.15, 0.2) is 0 Å². The molecule has 0 aromatic heterocycles. The van der Waals surface area contributed by atoms with E-state index in [9.17, 15) is 0 Å². The normalized spacial score (nSPS) is 13.6. The van der Waals surface area contributed by atoms with Gasteiger partial charge in [0.25, 0.3) is 0 Å². The van der Waals surface area contributed by atoms with E-state index in [0.717, 1.165) is 6.54 Å². The molecule has 0 aliphatic carbocycles. The molecule has 1 atom stereocenters. The highest BCUT2D eigenvalue weighted by atomic mass is 14.9. The highest BCUT2D eigenvalue weighted by Crippen LogP contribution is 2.23. The molecule has 0 radical (unpaired) electrons. The van der Waals surface area contributed by atoms with Crippen LogP contribution in [0.4, 0.5) is 0 Å². The van der Waals surface area contributed by atoms with Crippen LogP contribution in [0.5, 0.6) is 0 Å². The molecule has 0 amide bonds. The third kappa shape index (κ3) is 6.80. The van der Waals surface area contributed by atoms with Gasteiger partial charge in [-0.25, -0.2) is 0 Å². The summed E-state index contributed by atoms with van der Waals surface area (Å²) in [4.78, 5) is 0. The first-order valence-corrected chi connectivity index (χ1v) is 7.28. The minimum Gasteiger partial charge on any atom is -0.314 e. The minimum absolute atomic E-state index is 0.416. The minimum atomic E-state index is 0.416. The number of benzene rings is 1. The number of rotatable bonds is 7. The lowest BCUT2D eigenvalue weighted by molar-refractivity contribution is 0.298. The molecule has 1 rings (SSSR count). The van der Waals surface area contributed by atoms with Crippen LogP contribution in [0.15, 0.2) is 30.3 Å². The quantitative estimate of drug-likeness (QED) is 0.752. The third-order valence-corrected chi connectivity index (χ3v) is 3.21. The molecule has 0 saturated carbocycles. The van der Waals surface area contributed by atoms with Crippen LogP contribution < -0.4 is 5.32 Å². The van der Waals surface area contributed by atoms with Crippen molar-refractivity contribution in [2.24, 2.45) is 5.41 Å². The molecule has 18 heavy (non-hydrogen) atoms. The summed E-state index contributed by atoms with van der Waals surface area (Å²) in [7, 11) is 0. The van der Waals surface area contributed by atoms with E-state index in [-0.39, 0.29) is 0 Å². The molecule has 1 N–H and O–H groups in total. The molecule has 1 aromatic rings.